The summed E-state index contributed by atoms with van der Waals surface area (Å²) in [6.45, 7) is 1.76. The molecule has 3 amide bonds. The number of urea groups is 1. The van der Waals surface area contributed by atoms with E-state index in [1.165, 1.54) is 18.2 Å². The standard InChI is InChI=1S/C20H27N5O2S/c1-14(18(26)22-19(27)21-16-11-7-4-8-12-16)28-20-24-23-17(25(20)2)13-15-9-5-3-6-10-15/h3,5-6,9-10,14,16H,4,7-8,11-13H2,1-2H3,(H2,21,22,26,27). The van der Waals surface area contributed by atoms with E-state index in [1.54, 1.807) is 6.92 Å². The maximum Gasteiger partial charge on any atom is 0.321 e. The number of hydrogen-bond acceptors (Lipinski definition) is 5. The molecular formula is C20H27N5O2S. The Labute approximate surface area is 169 Å². The monoisotopic (exact) mass is 401 g/mol. The van der Waals surface area contributed by atoms with Gasteiger partial charge in [0.15, 0.2) is 5.16 Å². The van der Waals surface area contributed by atoms with Crippen LogP contribution < -0.4 is 10.6 Å². The lowest BCUT2D eigenvalue weighted by Gasteiger charge is -2.23. The summed E-state index contributed by atoms with van der Waals surface area (Å²) in [6.07, 6.45) is 6.11. The molecule has 2 N–H and O–H groups in total. The summed E-state index contributed by atoms with van der Waals surface area (Å²) in [7, 11) is 1.89. The molecule has 8 heteroatoms. The Morgan fingerprint density at radius 3 is 2.61 bits per heavy atom. The Kier molecular flexibility index (Phi) is 7.08. The molecule has 28 heavy (non-hydrogen) atoms. The van der Waals surface area contributed by atoms with Gasteiger partial charge in [0.1, 0.15) is 5.82 Å². The van der Waals surface area contributed by atoms with Crippen LogP contribution in [0.3, 0.4) is 0 Å². The van der Waals surface area contributed by atoms with E-state index in [-0.39, 0.29) is 11.9 Å². The number of hydrogen-bond donors (Lipinski definition) is 2. The molecule has 1 aromatic carbocycles. The second kappa shape index (κ2) is 9.73. The van der Waals surface area contributed by atoms with E-state index in [9.17, 15) is 9.59 Å². The van der Waals surface area contributed by atoms with E-state index in [0.29, 0.717) is 11.6 Å². The molecule has 1 saturated carbocycles. The van der Waals surface area contributed by atoms with Crippen molar-refractivity contribution in [3.8, 4) is 0 Å². The van der Waals surface area contributed by atoms with Gasteiger partial charge in [-0.1, -0.05) is 61.4 Å². The molecule has 1 atom stereocenters. The van der Waals surface area contributed by atoms with Crippen LogP contribution in [0.2, 0.25) is 0 Å². The lowest BCUT2D eigenvalue weighted by molar-refractivity contribution is -0.119. The van der Waals surface area contributed by atoms with Gasteiger partial charge in [-0.15, -0.1) is 10.2 Å². The molecule has 1 heterocycles. The van der Waals surface area contributed by atoms with Gasteiger partial charge in [-0.05, 0) is 25.3 Å². The van der Waals surface area contributed by atoms with E-state index in [2.05, 4.69) is 20.8 Å². The van der Waals surface area contributed by atoms with Crippen LogP contribution in [0, 0.1) is 0 Å². The summed E-state index contributed by atoms with van der Waals surface area (Å²) in [5.41, 5.74) is 1.15. The minimum absolute atomic E-state index is 0.170. The number of nitrogens with one attached hydrogen (secondary N) is 2. The van der Waals surface area contributed by atoms with Gasteiger partial charge >= 0.3 is 6.03 Å². The average Bonchev–Trinajstić information content (AvgIpc) is 3.03. The quantitative estimate of drug-likeness (QED) is 0.726. The molecule has 0 aliphatic heterocycles. The van der Waals surface area contributed by atoms with Crippen LogP contribution in [0.15, 0.2) is 35.5 Å². The third-order valence-corrected chi connectivity index (χ3v) is 6.09. The summed E-state index contributed by atoms with van der Waals surface area (Å²) in [5, 5.41) is 14.0. The smallest absolute Gasteiger partial charge is 0.321 e. The van der Waals surface area contributed by atoms with Crippen LogP contribution in [0.1, 0.15) is 50.4 Å². The molecule has 1 aliphatic rings. The third-order valence-electron chi connectivity index (χ3n) is 4.96. The summed E-state index contributed by atoms with van der Waals surface area (Å²) in [6, 6.07) is 9.81. The zero-order chi connectivity index (χ0) is 19.9. The van der Waals surface area contributed by atoms with Gasteiger partial charge in [0.25, 0.3) is 0 Å². The van der Waals surface area contributed by atoms with E-state index in [4.69, 9.17) is 0 Å². The Morgan fingerprint density at radius 1 is 1.18 bits per heavy atom. The predicted octanol–water partition coefficient (Wildman–Crippen LogP) is 3.05. The van der Waals surface area contributed by atoms with Crippen molar-refractivity contribution in [1.82, 2.24) is 25.4 Å². The van der Waals surface area contributed by atoms with Crippen LogP contribution in [-0.2, 0) is 18.3 Å². The van der Waals surface area contributed by atoms with Crippen molar-refractivity contribution in [2.75, 3.05) is 0 Å². The normalized spacial score (nSPS) is 15.8. The van der Waals surface area contributed by atoms with Gasteiger partial charge < -0.3 is 9.88 Å². The zero-order valence-corrected chi connectivity index (χ0v) is 17.2. The largest absolute Gasteiger partial charge is 0.335 e. The highest BCUT2D eigenvalue weighted by Gasteiger charge is 2.22. The van der Waals surface area contributed by atoms with Crippen LogP contribution in [-0.4, -0.2) is 38.0 Å². The summed E-state index contributed by atoms with van der Waals surface area (Å²) < 4.78 is 1.89. The predicted molar refractivity (Wildman–Crippen MR) is 109 cm³/mol. The molecule has 0 saturated heterocycles. The molecule has 1 aliphatic carbocycles. The van der Waals surface area contributed by atoms with E-state index >= 15 is 0 Å². The van der Waals surface area contributed by atoms with E-state index in [1.807, 2.05) is 41.9 Å². The summed E-state index contributed by atoms with van der Waals surface area (Å²) in [5.74, 6) is 0.502. The maximum absolute atomic E-state index is 12.4. The fraction of sp³-hybridized carbons (Fsp3) is 0.500. The van der Waals surface area contributed by atoms with Crippen molar-refractivity contribution >= 4 is 23.7 Å². The lowest BCUT2D eigenvalue weighted by atomic mass is 9.96. The van der Waals surface area contributed by atoms with Gasteiger partial charge in [0.2, 0.25) is 5.91 Å². The minimum Gasteiger partial charge on any atom is -0.335 e. The van der Waals surface area contributed by atoms with Crippen LogP contribution in [0.5, 0.6) is 0 Å². The van der Waals surface area contributed by atoms with Crippen LogP contribution in [0.4, 0.5) is 4.79 Å². The van der Waals surface area contributed by atoms with Gasteiger partial charge in [0.05, 0.1) is 5.25 Å². The third kappa shape index (κ3) is 5.58. The zero-order valence-electron chi connectivity index (χ0n) is 16.4. The topological polar surface area (TPSA) is 88.9 Å². The molecule has 0 radical (unpaired) electrons. The van der Waals surface area contributed by atoms with Crippen LogP contribution >= 0.6 is 11.8 Å². The van der Waals surface area contributed by atoms with Gasteiger partial charge in [0, 0.05) is 19.5 Å². The highest BCUT2D eigenvalue weighted by atomic mass is 32.2. The highest BCUT2D eigenvalue weighted by molar-refractivity contribution is 8.00. The number of nitrogens with zero attached hydrogens (tertiary/aromatic N) is 3. The fourth-order valence-electron chi connectivity index (χ4n) is 3.27. The molecular weight excluding hydrogens is 374 g/mol. The molecule has 2 aromatic rings. The number of rotatable bonds is 6. The van der Waals surface area contributed by atoms with Crippen LogP contribution in [0.25, 0.3) is 0 Å². The molecule has 150 valence electrons. The van der Waals surface area contributed by atoms with Gasteiger partial charge in [-0.3, -0.25) is 10.1 Å². The van der Waals surface area contributed by atoms with Gasteiger partial charge in [-0.2, -0.15) is 0 Å². The maximum atomic E-state index is 12.4. The van der Waals surface area contributed by atoms with Crippen molar-refractivity contribution < 1.29 is 9.59 Å². The highest BCUT2D eigenvalue weighted by Crippen LogP contribution is 2.22. The number of imide groups is 1. The molecule has 1 fully saturated rings. The van der Waals surface area contributed by atoms with Crippen molar-refractivity contribution in [2.24, 2.45) is 7.05 Å². The molecule has 3 rings (SSSR count). The minimum atomic E-state index is -0.454. The molecule has 0 spiro atoms. The molecule has 0 bridgehead atoms. The Bertz CT molecular complexity index is 802. The molecule has 1 aromatic heterocycles. The van der Waals surface area contributed by atoms with E-state index in [0.717, 1.165) is 37.1 Å². The SMILES string of the molecule is CC(Sc1nnc(Cc2ccccc2)n1C)C(=O)NC(=O)NC1CCCCC1. The fourth-order valence-corrected chi connectivity index (χ4v) is 4.11. The van der Waals surface area contributed by atoms with Crippen molar-refractivity contribution in [3.63, 3.8) is 0 Å². The van der Waals surface area contributed by atoms with Crippen molar-refractivity contribution in [1.29, 1.82) is 0 Å². The number of aromatic nitrogens is 3. The Morgan fingerprint density at radius 2 is 1.89 bits per heavy atom. The number of carbonyl (C=O) groups excluding carboxylic acids is 2. The summed E-state index contributed by atoms with van der Waals surface area (Å²) in [4.78, 5) is 24.4. The number of amides is 3. The van der Waals surface area contributed by atoms with Crippen molar-refractivity contribution in [2.45, 2.75) is 61.9 Å². The first-order valence-electron chi connectivity index (χ1n) is 9.73. The van der Waals surface area contributed by atoms with Gasteiger partial charge in [-0.25, -0.2) is 4.79 Å². The number of benzene rings is 1. The second-order valence-corrected chi connectivity index (χ2v) is 8.49. The summed E-state index contributed by atoms with van der Waals surface area (Å²) >= 11 is 1.30. The molecule has 7 nitrogen and oxygen atoms in total. The first kappa shape index (κ1) is 20.4. The van der Waals surface area contributed by atoms with E-state index < -0.39 is 11.3 Å². The first-order valence-corrected chi connectivity index (χ1v) is 10.6. The van der Waals surface area contributed by atoms with Crippen molar-refractivity contribution in [3.05, 3.63) is 41.7 Å². The second-order valence-electron chi connectivity index (χ2n) is 7.18. The number of thioether (sulfide) groups is 1. The average molecular weight is 402 g/mol. The first-order chi connectivity index (χ1) is 13.5. The Hall–Kier alpha value is -2.35. The number of carbonyl (C=O) groups is 2. The Balaban J connectivity index is 1.51. The lowest BCUT2D eigenvalue weighted by Crippen LogP contribution is -2.47. The molecule has 1 unspecified atom stereocenters.